The summed E-state index contributed by atoms with van der Waals surface area (Å²) in [4.78, 5) is 10.9. The average Bonchev–Trinajstić information content (AvgIpc) is 2.34. The van der Waals surface area contributed by atoms with E-state index in [0.717, 1.165) is 12.8 Å². The molecule has 0 bridgehead atoms. The Labute approximate surface area is 100 Å². The minimum Gasteiger partial charge on any atom is -0.469 e. The average molecular weight is 230 g/mol. The minimum absolute atomic E-state index is 0.0813. The number of nitrogens with zero attached hydrogens (tertiary/aromatic N) is 1. The highest BCUT2D eigenvalue weighted by atomic mass is 16.5. The molecule has 0 radical (unpaired) electrons. The van der Waals surface area contributed by atoms with E-state index in [0.29, 0.717) is 6.42 Å². The molecule has 0 rings (SSSR count). The van der Waals surface area contributed by atoms with E-state index in [4.69, 9.17) is 0 Å². The minimum atomic E-state index is -0.0813. The van der Waals surface area contributed by atoms with Crippen LogP contribution in [-0.2, 0) is 9.53 Å². The molecule has 0 aromatic rings. The monoisotopic (exact) mass is 230 g/mol. The Kier molecular flexibility index (Phi) is 8.26. The molecule has 0 aliphatic heterocycles. The first-order valence-electron chi connectivity index (χ1n) is 6.56. The van der Waals surface area contributed by atoms with Crippen LogP contribution in [0, 0.1) is 0 Å². The fourth-order valence-corrected chi connectivity index (χ4v) is 2.14. The molecule has 96 valence electrons. The smallest absolute Gasteiger partial charge is 0.305 e. The first kappa shape index (κ1) is 15.4. The maximum atomic E-state index is 10.9. The van der Waals surface area contributed by atoms with Gasteiger partial charge in [0.25, 0.3) is 0 Å². The van der Waals surface area contributed by atoms with Crippen LogP contribution in [0.4, 0.5) is 0 Å². The van der Waals surface area contributed by atoms with Crippen molar-refractivity contribution >= 4 is 5.97 Å². The number of carbonyl (C=O) groups excluding carboxylic acids is 1. The lowest BCUT2D eigenvalue weighted by Gasteiger charge is -2.35. The fourth-order valence-electron chi connectivity index (χ4n) is 2.14. The molecule has 0 aromatic heterocycles. The van der Waals surface area contributed by atoms with Gasteiger partial charge in [0.1, 0.15) is 0 Å². The van der Waals surface area contributed by atoms with Crippen molar-refractivity contribution in [3.8, 4) is 0 Å². The number of carbonyl (C=O) groups is 1. The lowest BCUT2D eigenvalue weighted by Crippen LogP contribution is -2.48. The maximum Gasteiger partial charge on any atom is 0.305 e. The Morgan fingerprint density at radius 3 is 2.00 bits per heavy atom. The summed E-state index contributed by atoms with van der Waals surface area (Å²) in [5, 5.41) is 0. The van der Waals surface area contributed by atoms with Crippen LogP contribution in [0.1, 0.15) is 46.5 Å². The number of quaternary nitrogens is 1. The van der Waals surface area contributed by atoms with Gasteiger partial charge in [-0.3, -0.25) is 4.79 Å². The fraction of sp³-hybridized carbons (Fsp3) is 0.923. The zero-order valence-electron chi connectivity index (χ0n) is 11.4. The third-order valence-electron chi connectivity index (χ3n) is 3.75. The van der Waals surface area contributed by atoms with Gasteiger partial charge < -0.3 is 9.22 Å². The number of hydrogen-bond acceptors (Lipinski definition) is 2. The molecule has 16 heavy (non-hydrogen) atoms. The SMILES string of the molecule is CC[N+](CC)(CC)CCCCCC(=O)OC. The normalized spacial score (nSPS) is 11.5. The molecule has 0 aromatic carbocycles. The summed E-state index contributed by atoms with van der Waals surface area (Å²) in [5.74, 6) is -0.0813. The lowest BCUT2D eigenvalue weighted by molar-refractivity contribution is -0.923. The summed E-state index contributed by atoms with van der Waals surface area (Å²) in [6.07, 6.45) is 3.88. The van der Waals surface area contributed by atoms with Crippen LogP contribution in [-0.4, -0.2) is 43.7 Å². The number of esters is 1. The van der Waals surface area contributed by atoms with E-state index >= 15 is 0 Å². The van der Waals surface area contributed by atoms with Crippen LogP contribution in [0.3, 0.4) is 0 Å². The molecule has 0 heterocycles. The molecule has 0 aliphatic rings. The first-order chi connectivity index (χ1) is 7.64. The molecule has 3 nitrogen and oxygen atoms in total. The molecule has 0 N–H and O–H groups in total. The highest BCUT2D eigenvalue weighted by molar-refractivity contribution is 5.68. The molecular formula is C13H28NO2+. The van der Waals surface area contributed by atoms with Gasteiger partial charge in [-0.15, -0.1) is 0 Å². The molecule has 0 aliphatic carbocycles. The summed E-state index contributed by atoms with van der Waals surface area (Å²) >= 11 is 0. The number of ether oxygens (including phenoxy) is 1. The van der Waals surface area contributed by atoms with Gasteiger partial charge >= 0.3 is 5.97 Å². The van der Waals surface area contributed by atoms with Crippen molar-refractivity contribution in [2.75, 3.05) is 33.3 Å². The largest absolute Gasteiger partial charge is 0.469 e. The second-order valence-corrected chi connectivity index (χ2v) is 4.40. The van der Waals surface area contributed by atoms with Gasteiger partial charge in [-0.2, -0.15) is 0 Å². The predicted octanol–water partition coefficient (Wildman–Crippen LogP) is 2.60. The Morgan fingerprint density at radius 1 is 1.00 bits per heavy atom. The zero-order valence-corrected chi connectivity index (χ0v) is 11.4. The summed E-state index contributed by atoms with van der Waals surface area (Å²) in [7, 11) is 1.45. The van der Waals surface area contributed by atoms with Gasteiger partial charge in [0.2, 0.25) is 0 Å². The van der Waals surface area contributed by atoms with Crippen molar-refractivity contribution in [2.24, 2.45) is 0 Å². The molecule has 3 heteroatoms. The standard InChI is InChI=1S/C13H28NO2/c1-5-14(6-2,7-3)12-10-8-9-11-13(15)16-4/h5-12H2,1-4H3/q+1. The van der Waals surface area contributed by atoms with Crippen LogP contribution in [0.5, 0.6) is 0 Å². The Balaban J connectivity index is 3.67. The summed E-state index contributed by atoms with van der Waals surface area (Å²) in [5.41, 5.74) is 0. The Morgan fingerprint density at radius 2 is 1.56 bits per heavy atom. The summed E-state index contributed by atoms with van der Waals surface area (Å²) in [6, 6.07) is 0. The highest BCUT2D eigenvalue weighted by Gasteiger charge is 2.19. The molecule has 0 amide bonds. The van der Waals surface area contributed by atoms with Crippen molar-refractivity contribution in [1.82, 2.24) is 0 Å². The molecule has 0 saturated heterocycles. The van der Waals surface area contributed by atoms with Gasteiger partial charge in [-0.1, -0.05) is 0 Å². The predicted molar refractivity (Wildman–Crippen MR) is 67.2 cm³/mol. The van der Waals surface area contributed by atoms with E-state index in [9.17, 15) is 4.79 Å². The topological polar surface area (TPSA) is 26.3 Å². The van der Waals surface area contributed by atoms with E-state index in [2.05, 4.69) is 25.5 Å². The molecule has 0 atom stereocenters. The lowest BCUT2D eigenvalue weighted by atomic mass is 10.1. The van der Waals surface area contributed by atoms with Gasteiger partial charge in [0.15, 0.2) is 0 Å². The second kappa shape index (κ2) is 8.57. The van der Waals surface area contributed by atoms with E-state index in [-0.39, 0.29) is 5.97 Å². The summed E-state index contributed by atoms with van der Waals surface area (Å²) in [6.45, 7) is 11.7. The number of unbranched alkanes of at least 4 members (excludes halogenated alkanes) is 2. The van der Waals surface area contributed by atoms with Crippen molar-refractivity contribution in [3.63, 3.8) is 0 Å². The van der Waals surface area contributed by atoms with Crippen molar-refractivity contribution in [2.45, 2.75) is 46.5 Å². The van der Waals surface area contributed by atoms with Crippen LogP contribution in [0.15, 0.2) is 0 Å². The quantitative estimate of drug-likeness (QED) is 0.346. The Hall–Kier alpha value is -0.570. The number of methoxy groups -OCH3 is 1. The summed E-state index contributed by atoms with van der Waals surface area (Å²) < 4.78 is 5.82. The first-order valence-corrected chi connectivity index (χ1v) is 6.56. The van der Waals surface area contributed by atoms with E-state index in [1.807, 2.05) is 0 Å². The van der Waals surface area contributed by atoms with Crippen molar-refractivity contribution < 1.29 is 14.0 Å². The molecular weight excluding hydrogens is 202 g/mol. The van der Waals surface area contributed by atoms with Gasteiger partial charge in [-0.25, -0.2) is 0 Å². The van der Waals surface area contributed by atoms with Crippen LogP contribution in [0.2, 0.25) is 0 Å². The maximum absolute atomic E-state index is 10.9. The third kappa shape index (κ3) is 5.50. The number of rotatable bonds is 9. The van der Waals surface area contributed by atoms with Gasteiger partial charge in [0, 0.05) is 6.42 Å². The van der Waals surface area contributed by atoms with Crippen LogP contribution < -0.4 is 0 Å². The molecule has 0 spiro atoms. The molecule has 0 unspecified atom stereocenters. The van der Waals surface area contributed by atoms with E-state index in [1.165, 1.54) is 44.2 Å². The second-order valence-electron chi connectivity index (χ2n) is 4.40. The van der Waals surface area contributed by atoms with E-state index in [1.54, 1.807) is 0 Å². The van der Waals surface area contributed by atoms with E-state index < -0.39 is 0 Å². The van der Waals surface area contributed by atoms with Crippen LogP contribution >= 0.6 is 0 Å². The highest BCUT2D eigenvalue weighted by Crippen LogP contribution is 2.10. The molecule has 0 fully saturated rings. The van der Waals surface area contributed by atoms with Crippen LogP contribution in [0.25, 0.3) is 0 Å². The Bertz CT molecular complexity index is 180. The van der Waals surface area contributed by atoms with Gasteiger partial charge in [0.05, 0.1) is 33.3 Å². The zero-order chi connectivity index (χ0) is 12.4. The van der Waals surface area contributed by atoms with Crippen molar-refractivity contribution in [3.05, 3.63) is 0 Å². The van der Waals surface area contributed by atoms with Crippen molar-refractivity contribution in [1.29, 1.82) is 0 Å². The van der Waals surface area contributed by atoms with Gasteiger partial charge in [-0.05, 0) is 40.0 Å². The number of hydrogen-bond donors (Lipinski definition) is 0. The molecule has 0 saturated carbocycles. The third-order valence-corrected chi connectivity index (χ3v) is 3.75.